The number of hydrogen-bond donors (Lipinski definition) is 1. The summed E-state index contributed by atoms with van der Waals surface area (Å²) in [5, 5.41) is 3.21. The van der Waals surface area contributed by atoms with Crippen LogP contribution < -0.4 is 15.0 Å². The largest absolute Gasteiger partial charge is 0.484 e. The maximum Gasteiger partial charge on any atom is 0.258 e. The number of amides is 2. The second-order valence-corrected chi connectivity index (χ2v) is 6.40. The van der Waals surface area contributed by atoms with Gasteiger partial charge in [-0.25, -0.2) is 0 Å². The standard InChI is InChI=1S/C19H19ClN2O3/c1-13-10-14-4-2-3-5-17(14)22(13)19(24)11-21-18(23)12-25-16-8-6-15(20)7-9-16/h2-9,13H,10-12H2,1H3,(H,21,23). The third-order valence-electron chi connectivity index (χ3n) is 4.10. The molecule has 0 radical (unpaired) electrons. The number of carbonyl (C=O) groups is 2. The van der Waals surface area contributed by atoms with Crippen LogP contribution in [0.25, 0.3) is 0 Å². The van der Waals surface area contributed by atoms with Gasteiger partial charge in [0.2, 0.25) is 5.91 Å². The third-order valence-corrected chi connectivity index (χ3v) is 4.35. The van der Waals surface area contributed by atoms with Gasteiger partial charge in [0.15, 0.2) is 6.61 Å². The highest BCUT2D eigenvalue weighted by Crippen LogP contribution is 2.31. The molecule has 130 valence electrons. The van der Waals surface area contributed by atoms with E-state index in [1.165, 1.54) is 0 Å². The van der Waals surface area contributed by atoms with E-state index in [4.69, 9.17) is 16.3 Å². The lowest BCUT2D eigenvalue weighted by molar-refractivity contribution is -0.126. The summed E-state index contributed by atoms with van der Waals surface area (Å²) in [5.41, 5.74) is 2.08. The van der Waals surface area contributed by atoms with Crippen molar-refractivity contribution in [2.75, 3.05) is 18.1 Å². The van der Waals surface area contributed by atoms with Crippen LogP contribution in [0, 0.1) is 0 Å². The SMILES string of the molecule is CC1Cc2ccccc2N1C(=O)CNC(=O)COc1ccc(Cl)cc1. The van der Waals surface area contributed by atoms with Crippen LogP contribution >= 0.6 is 11.6 Å². The molecule has 0 fully saturated rings. The Hall–Kier alpha value is -2.53. The van der Waals surface area contributed by atoms with E-state index in [-0.39, 0.29) is 31.0 Å². The van der Waals surface area contributed by atoms with Gasteiger partial charge in [0, 0.05) is 16.8 Å². The number of hydrogen-bond acceptors (Lipinski definition) is 3. The second-order valence-electron chi connectivity index (χ2n) is 5.96. The average Bonchev–Trinajstić information content (AvgIpc) is 2.95. The van der Waals surface area contributed by atoms with E-state index in [0.29, 0.717) is 10.8 Å². The van der Waals surface area contributed by atoms with Crippen LogP contribution in [0.1, 0.15) is 12.5 Å². The highest BCUT2D eigenvalue weighted by molar-refractivity contribution is 6.30. The van der Waals surface area contributed by atoms with Gasteiger partial charge in [0.05, 0.1) is 6.54 Å². The van der Waals surface area contributed by atoms with E-state index in [0.717, 1.165) is 17.7 Å². The van der Waals surface area contributed by atoms with Crippen LogP contribution in [0.5, 0.6) is 5.75 Å². The molecule has 6 heteroatoms. The number of nitrogens with zero attached hydrogens (tertiary/aromatic N) is 1. The maximum absolute atomic E-state index is 12.5. The van der Waals surface area contributed by atoms with Gasteiger partial charge in [0.1, 0.15) is 5.75 Å². The Morgan fingerprint density at radius 3 is 2.68 bits per heavy atom. The van der Waals surface area contributed by atoms with Crippen molar-refractivity contribution in [2.24, 2.45) is 0 Å². The van der Waals surface area contributed by atoms with Crippen molar-refractivity contribution in [3.63, 3.8) is 0 Å². The number of carbonyl (C=O) groups excluding carboxylic acids is 2. The summed E-state index contributed by atoms with van der Waals surface area (Å²) in [6, 6.07) is 14.7. The second kappa shape index (κ2) is 7.57. The van der Waals surface area contributed by atoms with Gasteiger partial charge in [-0.2, -0.15) is 0 Å². The van der Waals surface area contributed by atoms with Gasteiger partial charge in [-0.15, -0.1) is 0 Å². The van der Waals surface area contributed by atoms with Gasteiger partial charge < -0.3 is 15.0 Å². The van der Waals surface area contributed by atoms with Crippen molar-refractivity contribution in [3.8, 4) is 5.75 Å². The molecule has 2 aromatic carbocycles. The lowest BCUT2D eigenvalue weighted by atomic mass is 10.1. The topological polar surface area (TPSA) is 58.6 Å². The predicted molar refractivity (Wildman–Crippen MR) is 97.1 cm³/mol. The number of halogens is 1. The van der Waals surface area contributed by atoms with E-state index in [9.17, 15) is 9.59 Å². The fourth-order valence-corrected chi connectivity index (χ4v) is 3.06. The summed E-state index contributed by atoms with van der Waals surface area (Å²) in [6.45, 7) is 1.80. The van der Waals surface area contributed by atoms with Crippen molar-refractivity contribution < 1.29 is 14.3 Å². The average molecular weight is 359 g/mol. The minimum atomic E-state index is -0.344. The number of fused-ring (bicyclic) bond motifs is 1. The lowest BCUT2D eigenvalue weighted by Crippen LogP contribution is -2.44. The molecule has 0 aliphatic carbocycles. The first-order valence-electron chi connectivity index (χ1n) is 8.09. The van der Waals surface area contributed by atoms with Crippen molar-refractivity contribution in [3.05, 3.63) is 59.1 Å². The van der Waals surface area contributed by atoms with E-state index < -0.39 is 0 Å². The molecule has 25 heavy (non-hydrogen) atoms. The first-order valence-corrected chi connectivity index (χ1v) is 8.47. The van der Waals surface area contributed by atoms with Crippen molar-refractivity contribution >= 4 is 29.1 Å². The van der Waals surface area contributed by atoms with E-state index in [2.05, 4.69) is 5.32 Å². The normalized spacial score (nSPS) is 15.6. The first kappa shape index (κ1) is 17.3. The zero-order valence-corrected chi connectivity index (χ0v) is 14.6. The Morgan fingerprint density at radius 2 is 1.92 bits per heavy atom. The molecule has 1 atom stereocenters. The molecule has 0 bridgehead atoms. The van der Waals surface area contributed by atoms with E-state index in [1.54, 1.807) is 29.2 Å². The number of benzene rings is 2. The van der Waals surface area contributed by atoms with E-state index in [1.807, 2.05) is 31.2 Å². The molecule has 2 amide bonds. The number of nitrogens with one attached hydrogen (secondary N) is 1. The van der Waals surface area contributed by atoms with Gasteiger partial charge in [-0.3, -0.25) is 9.59 Å². The molecular weight excluding hydrogens is 340 g/mol. The minimum Gasteiger partial charge on any atom is -0.484 e. The monoisotopic (exact) mass is 358 g/mol. The van der Waals surface area contributed by atoms with Crippen LogP contribution in [-0.2, 0) is 16.0 Å². The molecule has 1 N–H and O–H groups in total. The van der Waals surface area contributed by atoms with Gasteiger partial charge in [-0.1, -0.05) is 29.8 Å². The Kier molecular flexibility index (Phi) is 5.24. The summed E-state index contributed by atoms with van der Waals surface area (Å²) in [5.74, 6) is 0.0775. The van der Waals surface area contributed by atoms with Gasteiger partial charge >= 0.3 is 0 Å². The summed E-state index contributed by atoms with van der Waals surface area (Å²) >= 11 is 5.79. The molecule has 2 aromatic rings. The van der Waals surface area contributed by atoms with Crippen molar-refractivity contribution in [1.82, 2.24) is 5.32 Å². The van der Waals surface area contributed by atoms with Crippen LogP contribution in [0.3, 0.4) is 0 Å². The van der Waals surface area contributed by atoms with Crippen molar-refractivity contribution in [2.45, 2.75) is 19.4 Å². The molecule has 0 saturated carbocycles. The number of ether oxygens (including phenoxy) is 1. The summed E-state index contributed by atoms with van der Waals surface area (Å²) in [6.07, 6.45) is 0.829. The molecule has 0 saturated heterocycles. The van der Waals surface area contributed by atoms with Gasteiger partial charge in [0.25, 0.3) is 5.91 Å². The Labute approximate surface area is 151 Å². The summed E-state index contributed by atoms with van der Waals surface area (Å²) in [7, 11) is 0. The fourth-order valence-electron chi connectivity index (χ4n) is 2.94. The van der Waals surface area contributed by atoms with Crippen molar-refractivity contribution in [1.29, 1.82) is 0 Å². The molecule has 1 heterocycles. The maximum atomic E-state index is 12.5. The highest BCUT2D eigenvalue weighted by atomic mass is 35.5. The van der Waals surface area contributed by atoms with Crippen LogP contribution in [-0.4, -0.2) is 31.0 Å². The van der Waals surface area contributed by atoms with Crippen LogP contribution in [0.15, 0.2) is 48.5 Å². The fraction of sp³-hybridized carbons (Fsp3) is 0.263. The van der Waals surface area contributed by atoms with Gasteiger partial charge in [-0.05, 0) is 49.2 Å². The third kappa shape index (κ3) is 4.12. The first-order chi connectivity index (χ1) is 12.0. The Balaban J connectivity index is 1.50. The summed E-state index contributed by atoms with van der Waals surface area (Å²) in [4.78, 5) is 26.1. The zero-order valence-electron chi connectivity index (χ0n) is 13.9. The Bertz CT molecular complexity index is 776. The zero-order chi connectivity index (χ0) is 17.8. The molecule has 1 aliphatic rings. The quantitative estimate of drug-likeness (QED) is 0.894. The van der Waals surface area contributed by atoms with Crippen LogP contribution in [0.4, 0.5) is 5.69 Å². The molecule has 0 aromatic heterocycles. The number of anilines is 1. The van der Waals surface area contributed by atoms with E-state index >= 15 is 0 Å². The molecule has 1 unspecified atom stereocenters. The predicted octanol–water partition coefficient (Wildman–Crippen LogP) is 2.81. The molecule has 5 nitrogen and oxygen atoms in total. The number of para-hydroxylation sites is 1. The smallest absolute Gasteiger partial charge is 0.258 e. The highest BCUT2D eigenvalue weighted by Gasteiger charge is 2.30. The molecule has 1 aliphatic heterocycles. The lowest BCUT2D eigenvalue weighted by Gasteiger charge is -2.22. The molecule has 3 rings (SSSR count). The molecule has 0 spiro atoms. The van der Waals surface area contributed by atoms with Crippen LogP contribution in [0.2, 0.25) is 5.02 Å². The minimum absolute atomic E-state index is 0.0541. The molecular formula is C19H19ClN2O3. The Morgan fingerprint density at radius 1 is 1.20 bits per heavy atom. The number of rotatable bonds is 5. The summed E-state index contributed by atoms with van der Waals surface area (Å²) < 4.78 is 5.36.